The fraction of sp³-hybridized carbons (Fsp3) is 0.350. The number of methoxy groups -OCH3 is 1. The van der Waals surface area contributed by atoms with Crippen molar-refractivity contribution in [3.63, 3.8) is 0 Å². The van der Waals surface area contributed by atoms with Crippen LogP contribution >= 0.6 is 24.8 Å². The molecule has 29 heavy (non-hydrogen) atoms. The SMILES string of the molecule is COc1ccccc1NCC(=O)NC1CNCCC1c1ccc(F)c(F)c1.Cl.Cl. The van der Waals surface area contributed by atoms with Gasteiger partial charge in [-0.15, -0.1) is 24.8 Å². The molecule has 0 aromatic heterocycles. The van der Waals surface area contributed by atoms with Crippen LogP contribution in [-0.2, 0) is 4.79 Å². The molecule has 9 heteroatoms. The summed E-state index contributed by atoms with van der Waals surface area (Å²) in [6.07, 6.45) is 0.732. The number of amides is 1. The first-order valence-electron chi connectivity index (χ1n) is 8.90. The van der Waals surface area contributed by atoms with E-state index in [2.05, 4.69) is 16.0 Å². The third-order valence-corrected chi connectivity index (χ3v) is 4.75. The Balaban J connectivity index is 0.00000210. The van der Waals surface area contributed by atoms with Gasteiger partial charge in [0.2, 0.25) is 5.91 Å². The molecular weight excluding hydrogens is 423 g/mol. The number of piperidine rings is 1. The molecule has 1 heterocycles. The van der Waals surface area contributed by atoms with Gasteiger partial charge in [-0.25, -0.2) is 8.78 Å². The van der Waals surface area contributed by atoms with Crippen molar-refractivity contribution in [1.29, 1.82) is 0 Å². The highest BCUT2D eigenvalue weighted by Crippen LogP contribution is 2.27. The topological polar surface area (TPSA) is 62.4 Å². The molecule has 2 aromatic carbocycles. The molecule has 0 bridgehead atoms. The second-order valence-electron chi connectivity index (χ2n) is 6.50. The van der Waals surface area contributed by atoms with E-state index in [-0.39, 0.29) is 49.2 Å². The van der Waals surface area contributed by atoms with E-state index in [0.29, 0.717) is 17.9 Å². The Labute approximate surface area is 181 Å². The highest BCUT2D eigenvalue weighted by atomic mass is 35.5. The van der Waals surface area contributed by atoms with Crippen molar-refractivity contribution in [2.75, 3.05) is 32.1 Å². The Bertz CT molecular complexity index is 811. The Kier molecular flexibility index (Phi) is 10.2. The molecule has 3 rings (SSSR count). The van der Waals surface area contributed by atoms with Crippen LogP contribution in [0.15, 0.2) is 42.5 Å². The Morgan fingerprint density at radius 2 is 1.93 bits per heavy atom. The van der Waals surface area contributed by atoms with Gasteiger partial charge in [0.25, 0.3) is 0 Å². The minimum Gasteiger partial charge on any atom is -0.495 e. The van der Waals surface area contributed by atoms with Gasteiger partial charge in [-0.05, 0) is 42.8 Å². The number of carbonyl (C=O) groups excluding carboxylic acids is 1. The molecule has 3 N–H and O–H groups in total. The second-order valence-corrected chi connectivity index (χ2v) is 6.50. The molecule has 2 aromatic rings. The number of hydrogen-bond donors (Lipinski definition) is 3. The maximum atomic E-state index is 13.6. The van der Waals surface area contributed by atoms with Gasteiger partial charge in [0.05, 0.1) is 19.3 Å². The Morgan fingerprint density at radius 3 is 2.66 bits per heavy atom. The zero-order valence-corrected chi connectivity index (χ0v) is 17.5. The van der Waals surface area contributed by atoms with E-state index >= 15 is 0 Å². The van der Waals surface area contributed by atoms with Gasteiger partial charge in [-0.1, -0.05) is 18.2 Å². The Morgan fingerprint density at radius 1 is 1.17 bits per heavy atom. The molecule has 2 atom stereocenters. The first kappa shape index (κ1) is 24.9. The first-order valence-corrected chi connectivity index (χ1v) is 8.90. The van der Waals surface area contributed by atoms with E-state index in [9.17, 15) is 13.6 Å². The highest BCUT2D eigenvalue weighted by molar-refractivity contribution is 5.85. The summed E-state index contributed by atoms with van der Waals surface area (Å²) >= 11 is 0. The number of carbonyl (C=O) groups is 1. The third kappa shape index (κ3) is 6.45. The summed E-state index contributed by atoms with van der Waals surface area (Å²) in [7, 11) is 1.57. The molecular formula is C20H25Cl2F2N3O2. The first-order chi connectivity index (χ1) is 13.1. The van der Waals surface area contributed by atoms with Crippen LogP contribution in [-0.4, -0.2) is 38.7 Å². The monoisotopic (exact) mass is 447 g/mol. The van der Waals surface area contributed by atoms with Crippen molar-refractivity contribution in [1.82, 2.24) is 10.6 Å². The number of halogens is 4. The fourth-order valence-electron chi connectivity index (χ4n) is 3.38. The highest BCUT2D eigenvalue weighted by Gasteiger charge is 2.28. The lowest BCUT2D eigenvalue weighted by atomic mass is 9.86. The van der Waals surface area contributed by atoms with Gasteiger partial charge >= 0.3 is 0 Å². The van der Waals surface area contributed by atoms with Gasteiger partial charge in [-0.2, -0.15) is 0 Å². The number of nitrogens with one attached hydrogen (secondary N) is 3. The second kappa shape index (κ2) is 11.8. The minimum absolute atomic E-state index is 0. The van der Waals surface area contributed by atoms with Crippen LogP contribution in [0.25, 0.3) is 0 Å². The summed E-state index contributed by atoms with van der Waals surface area (Å²) in [6, 6.07) is 11.1. The lowest BCUT2D eigenvalue weighted by Crippen LogP contribution is -2.51. The summed E-state index contributed by atoms with van der Waals surface area (Å²) < 4.78 is 32.1. The molecule has 160 valence electrons. The third-order valence-electron chi connectivity index (χ3n) is 4.75. The summed E-state index contributed by atoms with van der Waals surface area (Å²) in [4.78, 5) is 12.4. The maximum Gasteiger partial charge on any atom is 0.239 e. The van der Waals surface area contributed by atoms with E-state index in [4.69, 9.17) is 4.74 Å². The number of para-hydroxylation sites is 2. The van der Waals surface area contributed by atoms with Crippen LogP contribution in [0, 0.1) is 11.6 Å². The average molecular weight is 448 g/mol. The van der Waals surface area contributed by atoms with E-state index in [0.717, 1.165) is 24.7 Å². The average Bonchev–Trinajstić information content (AvgIpc) is 2.69. The molecule has 1 aliphatic rings. The summed E-state index contributed by atoms with van der Waals surface area (Å²) in [5, 5.41) is 9.28. The van der Waals surface area contributed by atoms with Crippen LogP contribution < -0.4 is 20.7 Å². The predicted molar refractivity (Wildman–Crippen MR) is 114 cm³/mol. The van der Waals surface area contributed by atoms with Gasteiger partial charge < -0.3 is 20.7 Å². The van der Waals surface area contributed by atoms with Crippen molar-refractivity contribution in [2.24, 2.45) is 0 Å². The molecule has 1 amide bonds. The summed E-state index contributed by atoms with van der Waals surface area (Å²) in [5.41, 5.74) is 1.42. The van der Waals surface area contributed by atoms with Crippen molar-refractivity contribution < 1.29 is 18.3 Å². The number of benzene rings is 2. The number of anilines is 1. The molecule has 5 nitrogen and oxygen atoms in total. The predicted octanol–water partition coefficient (Wildman–Crippen LogP) is 3.49. The van der Waals surface area contributed by atoms with Gasteiger partial charge in [0.1, 0.15) is 5.75 Å². The lowest BCUT2D eigenvalue weighted by molar-refractivity contribution is -0.120. The standard InChI is InChI=1S/C20H23F2N3O2.2ClH/c1-27-19-5-3-2-4-17(19)24-12-20(26)25-18-11-23-9-8-14(18)13-6-7-15(21)16(22)10-13;;/h2-7,10,14,18,23-24H,8-9,11-12H2,1H3,(H,25,26);2*1H. The number of hydrogen-bond acceptors (Lipinski definition) is 4. The summed E-state index contributed by atoms with van der Waals surface area (Å²) in [5.74, 6) is -1.33. The van der Waals surface area contributed by atoms with E-state index in [1.807, 2.05) is 24.3 Å². The van der Waals surface area contributed by atoms with Crippen LogP contribution in [0.2, 0.25) is 0 Å². The van der Waals surface area contributed by atoms with Crippen molar-refractivity contribution in [3.8, 4) is 5.75 Å². The quantitative estimate of drug-likeness (QED) is 0.634. The molecule has 2 unspecified atom stereocenters. The normalized spacial score (nSPS) is 18.0. The molecule has 1 aliphatic heterocycles. The van der Waals surface area contributed by atoms with Crippen LogP contribution in [0.5, 0.6) is 5.75 Å². The number of ether oxygens (including phenoxy) is 1. The molecule has 1 saturated heterocycles. The zero-order valence-electron chi connectivity index (χ0n) is 15.9. The minimum atomic E-state index is -0.867. The van der Waals surface area contributed by atoms with E-state index in [1.165, 1.54) is 6.07 Å². The van der Waals surface area contributed by atoms with Crippen molar-refractivity contribution in [2.45, 2.75) is 18.4 Å². The van der Waals surface area contributed by atoms with Gasteiger partial charge in [-0.3, -0.25) is 4.79 Å². The van der Waals surface area contributed by atoms with Gasteiger partial charge in [0.15, 0.2) is 11.6 Å². The lowest BCUT2D eigenvalue weighted by Gasteiger charge is -2.33. The summed E-state index contributed by atoms with van der Waals surface area (Å²) in [6.45, 7) is 1.42. The van der Waals surface area contributed by atoms with E-state index in [1.54, 1.807) is 13.2 Å². The van der Waals surface area contributed by atoms with Crippen LogP contribution in [0.3, 0.4) is 0 Å². The zero-order chi connectivity index (χ0) is 19.2. The van der Waals surface area contributed by atoms with Crippen LogP contribution in [0.4, 0.5) is 14.5 Å². The molecule has 0 radical (unpaired) electrons. The van der Waals surface area contributed by atoms with Crippen molar-refractivity contribution >= 4 is 36.4 Å². The van der Waals surface area contributed by atoms with Gasteiger partial charge in [0, 0.05) is 18.5 Å². The smallest absolute Gasteiger partial charge is 0.239 e. The van der Waals surface area contributed by atoms with Crippen LogP contribution in [0.1, 0.15) is 17.9 Å². The Hall–Kier alpha value is -2.09. The molecule has 0 aliphatic carbocycles. The largest absolute Gasteiger partial charge is 0.495 e. The van der Waals surface area contributed by atoms with E-state index < -0.39 is 11.6 Å². The fourth-order valence-corrected chi connectivity index (χ4v) is 3.38. The maximum absolute atomic E-state index is 13.6. The number of rotatable bonds is 6. The molecule has 1 fully saturated rings. The molecule has 0 spiro atoms. The van der Waals surface area contributed by atoms with Crippen molar-refractivity contribution in [3.05, 3.63) is 59.7 Å². The molecule has 0 saturated carbocycles.